The zero-order valence-electron chi connectivity index (χ0n) is 22.0. The van der Waals surface area contributed by atoms with E-state index < -0.39 is 0 Å². The van der Waals surface area contributed by atoms with Crippen molar-refractivity contribution in [2.75, 3.05) is 0 Å². The Hall–Kier alpha value is -3.48. The van der Waals surface area contributed by atoms with Gasteiger partial charge in [0.05, 0.1) is 35.9 Å². The summed E-state index contributed by atoms with van der Waals surface area (Å²) in [5.74, 6) is 1.63. The molecule has 0 amide bonds. The molecule has 0 spiro atoms. The van der Waals surface area contributed by atoms with Gasteiger partial charge in [-0.05, 0) is 56.6 Å². The molecule has 0 fully saturated rings. The van der Waals surface area contributed by atoms with Crippen LogP contribution in [0.4, 0.5) is 0 Å². The van der Waals surface area contributed by atoms with Crippen molar-refractivity contribution in [1.29, 1.82) is 0 Å². The van der Waals surface area contributed by atoms with Crippen molar-refractivity contribution in [3.8, 4) is 22.5 Å². The number of benzene rings is 3. The second-order valence-corrected chi connectivity index (χ2v) is 12.0. The summed E-state index contributed by atoms with van der Waals surface area (Å²) >= 11 is 0. The van der Waals surface area contributed by atoms with Gasteiger partial charge in [-0.25, -0.2) is 9.97 Å². The van der Waals surface area contributed by atoms with Gasteiger partial charge in [-0.15, -0.1) is 0 Å². The lowest BCUT2D eigenvalue weighted by Gasteiger charge is -2.25. The largest absolute Gasteiger partial charge is 0.341 e. The molecule has 1 unspecified atom stereocenters. The molecule has 6 N–H and O–H groups in total. The Morgan fingerprint density at radius 3 is 1.33 bits per heavy atom. The smallest absolute Gasteiger partial charge is 0.124 e. The number of fused-ring (bicyclic) bond motifs is 2. The van der Waals surface area contributed by atoms with E-state index in [0.717, 1.165) is 34.2 Å². The highest BCUT2D eigenvalue weighted by Crippen LogP contribution is 2.33. The van der Waals surface area contributed by atoms with Crippen molar-refractivity contribution in [2.45, 2.75) is 53.6 Å². The summed E-state index contributed by atoms with van der Waals surface area (Å²) < 4.78 is 0. The molecule has 3 aromatic carbocycles. The monoisotopic (exact) mass is 480 g/mol. The first-order valence-electron chi connectivity index (χ1n) is 12.5. The van der Waals surface area contributed by atoms with Crippen LogP contribution in [-0.2, 0) is 0 Å². The van der Waals surface area contributed by atoms with E-state index in [4.69, 9.17) is 11.5 Å². The molecule has 0 aliphatic carbocycles. The van der Waals surface area contributed by atoms with E-state index in [1.165, 1.54) is 21.5 Å². The molecule has 0 aliphatic heterocycles. The summed E-state index contributed by atoms with van der Waals surface area (Å²) in [4.78, 5) is 16.0. The fourth-order valence-electron chi connectivity index (χ4n) is 4.44. The number of hydrogen-bond donors (Lipinski definition) is 4. The summed E-state index contributed by atoms with van der Waals surface area (Å²) in [6, 6.07) is 17.2. The van der Waals surface area contributed by atoms with Crippen molar-refractivity contribution in [3.05, 3.63) is 72.6 Å². The number of nitrogens with one attached hydrogen (secondary N) is 2. The van der Waals surface area contributed by atoms with Crippen LogP contribution in [0.2, 0.25) is 0 Å². The Morgan fingerprint density at radius 1 is 0.583 bits per heavy atom. The van der Waals surface area contributed by atoms with E-state index in [-0.39, 0.29) is 22.9 Å². The minimum Gasteiger partial charge on any atom is -0.341 e. The van der Waals surface area contributed by atoms with Crippen molar-refractivity contribution < 1.29 is 0 Å². The predicted octanol–water partition coefficient (Wildman–Crippen LogP) is 6.87. The maximum absolute atomic E-state index is 6.40. The normalized spacial score (nSPS) is 14.4. The Morgan fingerprint density at radius 2 is 0.972 bits per heavy atom. The lowest BCUT2D eigenvalue weighted by atomic mass is 9.87. The number of H-pyrrole nitrogens is 2. The third kappa shape index (κ3) is 4.54. The first-order valence-corrected chi connectivity index (χ1v) is 12.5. The molecule has 0 radical (unpaired) electrons. The van der Waals surface area contributed by atoms with Crippen LogP contribution in [0.1, 0.15) is 65.3 Å². The van der Waals surface area contributed by atoms with E-state index in [0.29, 0.717) is 0 Å². The van der Waals surface area contributed by atoms with E-state index in [1.807, 2.05) is 12.4 Å². The molecule has 0 saturated carbocycles. The van der Waals surface area contributed by atoms with Gasteiger partial charge in [-0.2, -0.15) is 0 Å². The van der Waals surface area contributed by atoms with Crippen LogP contribution in [-0.4, -0.2) is 19.9 Å². The van der Waals surface area contributed by atoms with Crippen molar-refractivity contribution in [3.63, 3.8) is 0 Å². The summed E-state index contributed by atoms with van der Waals surface area (Å²) in [5, 5.41) is 4.75. The zero-order chi connectivity index (χ0) is 25.8. The van der Waals surface area contributed by atoms with Crippen LogP contribution >= 0.6 is 0 Å². The molecule has 2 atom stereocenters. The van der Waals surface area contributed by atoms with Gasteiger partial charge in [0, 0.05) is 11.1 Å². The van der Waals surface area contributed by atoms with Crippen molar-refractivity contribution in [1.82, 2.24) is 19.9 Å². The minimum atomic E-state index is -0.153. The Balaban J connectivity index is 1.47. The highest BCUT2D eigenvalue weighted by atomic mass is 15.0. The molecule has 36 heavy (non-hydrogen) atoms. The standard InChI is InChI=1S/C30H36N6/c1-29(2,3)25(31)27-33-15-23(35-27)19-9-7-17-12-22-14-20(10-8-18(22)11-21(17)13-19)24-16-34-28(36-24)26(32)30(4,5)6/h7-16,25-26H,31-32H2,1-6H3,(H,33,35)(H,34,36)/t25-,26?/m1/s1. The average molecular weight is 481 g/mol. The minimum absolute atomic E-state index is 0.0628. The molecule has 2 heterocycles. The lowest BCUT2D eigenvalue weighted by Crippen LogP contribution is -2.27. The average Bonchev–Trinajstić information content (AvgIpc) is 3.50. The molecule has 5 aromatic rings. The van der Waals surface area contributed by atoms with E-state index >= 15 is 0 Å². The molecule has 186 valence electrons. The topological polar surface area (TPSA) is 109 Å². The first kappa shape index (κ1) is 24.2. The van der Waals surface area contributed by atoms with Crippen LogP contribution < -0.4 is 11.5 Å². The maximum Gasteiger partial charge on any atom is 0.124 e. The van der Waals surface area contributed by atoms with Crippen LogP contribution in [0, 0.1) is 10.8 Å². The Bertz CT molecular complexity index is 1430. The van der Waals surface area contributed by atoms with Crippen LogP contribution in [0.15, 0.2) is 60.9 Å². The summed E-state index contributed by atoms with van der Waals surface area (Å²) in [6.45, 7) is 12.7. The van der Waals surface area contributed by atoms with Crippen molar-refractivity contribution in [2.24, 2.45) is 22.3 Å². The van der Waals surface area contributed by atoms with Crippen LogP contribution in [0.3, 0.4) is 0 Å². The van der Waals surface area contributed by atoms with Crippen LogP contribution in [0.25, 0.3) is 44.1 Å². The van der Waals surface area contributed by atoms with Gasteiger partial charge in [-0.3, -0.25) is 0 Å². The highest BCUT2D eigenvalue weighted by Gasteiger charge is 2.26. The number of aromatic amines is 2. The second-order valence-electron chi connectivity index (χ2n) is 12.0. The first-order chi connectivity index (χ1) is 16.9. The van der Waals surface area contributed by atoms with Gasteiger partial charge in [-0.1, -0.05) is 65.8 Å². The third-order valence-electron chi connectivity index (χ3n) is 7.06. The molecule has 5 rings (SSSR count). The molecule has 0 saturated heterocycles. The van der Waals surface area contributed by atoms with Gasteiger partial charge in [0.1, 0.15) is 11.6 Å². The Kier molecular flexibility index (Phi) is 5.77. The molecule has 0 aliphatic rings. The van der Waals surface area contributed by atoms with Gasteiger partial charge in [0.25, 0.3) is 0 Å². The highest BCUT2D eigenvalue weighted by molar-refractivity contribution is 6.00. The van der Waals surface area contributed by atoms with Gasteiger partial charge >= 0.3 is 0 Å². The molecular formula is C30H36N6. The predicted molar refractivity (Wildman–Crippen MR) is 149 cm³/mol. The summed E-state index contributed by atoms with van der Waals surface area (Å²) in [6.07, 6.45) is 3.75. The molecule has 0 bridgehead atoms. The number of rotatable bonds is 4. The Labute approximate surface area is 212 Å². The van der Waals surface area contributed by atoms with Crippen molar-refractivity contribution >= 4 is 21.5 Å². The van der Waals surface area contributed by atoms with E-state index in [9.17, 15) is 0 Å². The number of hydrogen-bond acceptors (Lipinski definition) is 4. The number of nitrogens with two attached hydrogens (primary N) is 2. The van der Waals surface area contributed by atoms with Gasteiger partial charge < -0.3 is 21.4 Å². The molecule has 6 nitrogen and oxygen atoms in total. The number of imidazole rings is 2. The van der Waals surface area contributed by atoms with E-state index in [2.05, 4.69) is 110 Å². The van der Waals surface area contributed by atoms with Crippen LogP contribution in [0.5, 0.6) is 0 Å². The zero-order valence-corrected chi connectivity index (χ0v) is 22.0. The summed E-state index contributed by atoms with van der Waals surface area (Å²) in [7, 11) is 0. The van der Waals surface area contributed by atoms with E-state index in [1.54, 1.807) is 0 Å². The molecular weight excluding hydrogens is 444 g/mol. The fourth-order valence-corrected chi connectivity index (χ4v) is 4.44. The third-order valence-corrected chi connectivity index (χ3v) is 7.06. The molecule has 6 heteroatoms. The number of aromatic nitrogens is 4. The summed E-state index contributed by atoms with van der Waals surface area (Å²) in [5.41, 5.74) is 16.8. The quantitative estimate of drug-likeness (QED) is 0.210. The van der Waals surface area contributed by atoms with Gasteiger partial charge in [0.2, 0.25) is 0 Å². The lowest BCUT2D eigenvalue weighted by molar-refractivity contribution is 0.316. The fraction of sp³-hybridized carbons (Fsp3) is 0.333. The second kappa shape index (κ2) is 8.57. The molecule has 2 aromatic heterocycles. The SMILES string of the molecule is CC(C)(C)C(N)c1ncc(-c2ccc3cc4cc(-c5cnc([C@@H](N)C(C)(C)C)[nH]5)ccc4cc3c2)[nH]1. The maximum atomic E-state index is 6.40. The van der Waals surface area contributed by atoms with Gasteiger partial charge in [0.15, 0.2) is 0 Å². The number of nitrogens with zero attached hydrogens (tertiary/aromatic N) is 2.